The van der Waals surface area contributed by atoms with E-state index in [1.54, 1.807) is 18.2 Å². The third-order valence-electron chi connectivity index (χ3n) is 4.24. The first-order valence-electron chi connectivity index (χ1n) is 8.43. The van der Waals surface area contributed by atoms with Crippen LogP contribution in [0.5, 0.6) is 0 Å². The minimum atomic E-state index is -0.382. The van der Waals surface area contributed by atoms with Crippen LogP contribution >= 0.6 is 11.8 Å². The quantitative estimate of drug-likeness (QED) is 0.553. The van der Waals surface area contributed by atoms with Crippen molar-refractivity contribution in [2.75, 3.05) is 18.8 Å². The molecule has 1 saturated heterocycles. The number of amides is 3. The fourth-order valence-electron chi connectivity index (χ4n) is 2.93. The van der Waals surface area contributed by atoms with Crippen molar-refractivity contribution >= 4 is 34.6 Å². The Balaban J connectivity index is 1.73. The van der Waals surface area contributed by atoms with Gasteiger partial charge in [-0.05, 0) is 24.3 Å². The minimum absolute atomic E-state index is 0.0189. The normalized spacial score (nSPS) is 13.8. The molecule has 3 aromatic rings. The van der Waals surface area contributed by atoms with Crippen molar-refractivity contribution in [3.8, 4) is 5.69 Å². The second kappa shape index (κ2) is 7.24. The van der Waals surface area contributed by atoms with E-state index >= 15 is 0 Å². The summed E-state index contributed by atoms with van der Waals surface area (Å²) in [5.41, 5.74) is 1.05. The van der Waals surface area contributed by atoms with Crippen molar-refractivity contribution in [1.82, 2.24) is 19.8 Å². The molecular weight excluding hydrogens is 364 g/mol. The number of fused-ring (bicyclic) bond motifs is 1. The van der Waals surface area contributed by atoms with Crippen LogP contribution in [0.3, 0.4) is 0 Å². The molecule has 0 atom stereocenters. The Labute approximate surface area is 159 Å². The molecule has 0 radical (unpaired) electrons. The number of nitrogens with one attached hydrogen (secondary N) is 1. The van der Waals surface area contributed by atoms with Gasteiger partial charge in [-0.15, -0.1) is 0 Å². The Hall–Kier alpha value is -3.13. The lowest BCUT2D eigenvalue weighted by Gasteiger charge is -2.15. The van der Waals surface area contributed by atoms with Crippen molar-refractivity contribution in [2.24, 2.45) is 0 Å². The topological polar surface area (TPSA) is 84.3 Å². The molecule has 1 aliphatic heterocycles. The molecule has 3 amide bonds. The Bertz CT molecular complexity index is 1080. The Morgan fingerprint density at radius 3 is 2.56 bits per heavy atom. The summed E-state index contributed by atoms with van der Waals surface area (Å²) in [7, 11) is 0. The zero-order chi connectivity index (χ0) is 18.8. The third kappa shape index (κ3) is 3.31. The van der Waals surface area contributed by atoms with Crippen LogP contribution in [0.15, 0.2) is 64.5 Å². The number of rotatable bonds is 4. The van der Waals surface area contributed by atoms with E-state index in [1.165, 1.54) is 9.47 Å². The van der Waals surface area contributed by atoms with E-state index < -0.39 is 0 Å². The van der Waals surface area contributed by atoms with E-state index in [2.05, 4.69) is 10.3 Å². The van der Waals surface area contributed by atoms with Crippen LogP contribution in [0.2, 0.25) is 0 Å². The monoisotopic (exact) mass is 380 g/mol. The van der Waals surface area contributed by atoms with Gasteiger partial charge in [0.2, 0.25) is 5.91 Å². The number of hydrogen-bond acceptors (Lipinski definition) is 5. The largest absolute Gasteiger partial charge is 0.336 e. The highest BCUT2D eigenvalue weighted by Gasteiger charge is 2.26. The van der Waals surface area contributed by atoms with Crippen LogP contribution in [0.25, 0.3) is 16.6 Å². The second-order valence-electron chi connectivity index (χ2n) is 5.95. The number of carbonyl (C=O) groups excluding carboxylic acids is 2. The summed E-state index contributed by atoms with van der Waals surface area (Å²) < 4.78 is 1.50. The van der Waals surface area contributed by atoms with Gasteiger partial charge in [0.1, 0.15) is 0 Å². The fraction of sp³-hybridized carbons (Fsp3) is 0.158. The van der Waals surface area contributed by atoms with Gasteiger partial charge in [-0.2, -0.15) is 0 Å². The van der Waals surface area contributed by atoms with Gasteiger partial charge in [-0.3, -0.25) is 19.1 Å². The summed E-state index contributed by atoms with van der Waals surface area (Å²) >= 11 is 1.15. The number of thioether (sulfide) groups is 1. The molecule has 27 heavy (non-hydrogen) atoms. The standard InChI is InChI=1S/C19H16N4O3S/c24-16(22-11-10-20-18(22)26)12-27-19-21-15-9-5-4-8-14(15)17(25)23(19)13-6-2-1-3-7-13/h1-9H,10-12H2,(H,20,26). The lowest BCUT2D eigenvalue weighted by Crippen LogP contribution is -2.35. The lowest BCUT2D eigenvalue weighted by molar-refractivity contribution is -0.124. The van der Waals surface area contributed by atoms with Crippen LogP contribution in [-0.2, 0) is 4.79 Å². The van der Waals surface area contributed by atoms with Crippen LogP contribution in [0.1, 0.15) is 0 Å². The molecule has 7 nitrogen and oxygen atoms in total. The Kier molecular flexibility index (Phi) is 4.64. The SMILES string of the molecule is O=C(CSc1nc2ccccc2c(=O)n1-c1ccccc1)N1CCNC1=O. The van der Waals surface area contributed by atoms with E-state index in [0.29, 0.717) is 34.8 Å². The van der Waals surface area contributed by atoms with Crippen LogP contribution < -0.4 is 10.9 Å². The highest BCUT2D eigenvalue weighted by atomic mass is 32.2. The van der Waals surface area contributed by atoms with Crippen molar-refractivity contribution in [1.29, 1.82) is 0 Å². The molecule has 1 aliphatic rings. The van der Waals surface area contributed by atoms with Crippen molar-refractivity contribution in [3.63, 3.8) is 0 Å². The predicted octanol–water partition coefficient (Wildman–Crippen LogP) is 2.03. The average molecular weight is 380 g/mol. The fourth-order valence-corrected chi connectivity index (χ4v) is 3.82. The number of imide groups is 1. The molecular formula is C19H16N4O3S. The third-order valence-corrected chi connectivity index (χ3v) is 5.17. The maximum atomic E-state index is 13.1. The van der Waals surface area contributed by atoms with Crippen molar-refractivity contribution < 1.29 is 9.59 Å². The average Bonchev–Trinajstić information content (AvgIpc) is 3.13. The van der Waals surface area contributed by atoms with Crippen molar-refractivity contribution in [2.45, 2.75) is 5.16 Å². The second-order valence-corrected chi connectivity index (χ2v) is 6.90. The summed E-state index contributed by atoms with van der Waals surface area (Å²) in [5, 5.41) is 3.53. The highest BCUT2D eigenvalue weighted by Crippen LogP contribution is 2.21. The molecule has 8 heteroatoms. The van der Waals surface area contributed by atoms with E-state index in [-0.39, 0.29) is 23.3 Å². The molecule has 136 valence electrons. The number of para-hydroxylation sites is 2. The molecule has 2 heterocycles. The number of nitrogens with zero attached hydrogens (tertiary/aromatic N) is 3. The van der Waals surface area contributed by atoms with Gasteiger partial charge in [0.25, 0.3) is 5.56 Å². The van der Waals surface area contributed by atoms with Crippen LogP contribution in [0, 0.1) is 0 Å². The van der Waals surface area contributed by atoms with Gasteiger partial charge >= 0.3 is 6.03 Å². The van der Waals surface area contributed by atoms with Gasteiger partial charge in [-0.25, -0.2) is 9.78 Å². The van der Waals surface area contributed by atoms with Gasteiger partial charge in [-0.1, -0.05) is 42.1 Å². The van der Waals surface area contributed by atoms with E-state index in [4.69, 9.17) is 0 Å². The first-order valence-corrected chi connectivity index (χ1v) is 9.42. The number of aromatic nitrogens is 2. The smallest absolute Gasteiger partial charge is 0.324 e. The number of benzene rings is 2. The highest BCUT2D eigenvalue weighted by molar-refractivity contribution is 7.99. The minimum Gasteiger partial charge on any atom is -0.336 e. The zero-order valence-electron chi connectivity index (χ0n) is 14.3. The van der Waals surface area contributed by atoms with Gasteiger partial charge in [0, 0.05) is 13.1 Å². The zero-order valence-corrected chi connectivity index (χ0v) is 15.1. The molecule has 0 saturated carbocycles. The summed E-state index contributed by atoms with van der Waals surface area (Å²) in [6.45, 7) is 0.813. The van der Waals surface area contributed by atoms with E-state index in [9.17, 15) is 14.4 Å². The molecule has 1 fully saturated rings. The van der Waals surface area contributed by atoms with Gasteiger partial charge in [0.15, 0.2) is 5.16 Å². The molecule has 1 N–H and O–H groups in total. The van der Waals surface area contributed by atoms with E-state index in [1.807, 2.05) is 36.4 Å². The molecule has 2 aromatic carbocycles. The lowest BCUT2D eigenvalue weighted by atomic mass is 10.2. The Morgan fingerprint density at radius 2 is 1.81 bits per heavy atom. The number of carbonyl (C=O) groups is 2. The first kappa shape index (κ1) is 17.3. The summed E-state index contributed by atoms with van der Waals surface area (Å²) in [5.74, 6) is -0.289. The molecule has 0 aliphatic carbocycles. The molecule has 4 rings (SSSR count). The molecule has 1 aromatic heterocycles. The summed E-state index contributed by atoms with van der Waals surface area (Å²) in [6, 6.07) is 15.9. The van der Waals surface area contributed by atoms with Crippen LogP contribution in [-0.4, -0.2) is 45.2 Å². The summed E-state index contributed by atoms with van der Waals surface area (Å²) in [6.07, 6.45) is 0. The number of hydrogen-bond donors (Lipinski definition) is 1. The van der Waals surface area contributed by atoms with Gasteiger partial charge < -0.3 is 5.32 Å². The molecule has 0 bridgehead atoms. The maximum absolute atomic E-state index is 13.1. The maximum Gasteiger partial charge on any atom is 0.324 e. The van der Waals surface area contributed by atoms with Gasteiger partial charge in [0.05, 0.1) is 22.3 Å². The molecule has 0 spiro atoms. The number of urea groups is 1. The predicted molar refractivity (Wildman–Crippen MR) is 103 cm³/mol. The van der Waals surface area contributed by atoms with Crippen molar-refractivity contribution in [3.05, 3.63) is 65.0 Å². The summed E-state index contributed by atoms with van der Waals surface area (Å²) in [4.78, 5) is 42.8. The Morgan fingerprint density at radius 1 is 1.07 bits per heavy atom. The first-order chi connectivity index (χ1) is 13.1. The molecule has 0 unspecified atom stereocenters. The van der Waals surface area contributed by atoms with E-state index in [0.717, 1.165) is 11.8 Å². The van der Waals surface area contributed by atoms with Crippen LogP contribution in [0.4, 0.5) is 4.79 Å².